The first kappa shape index (κ1) is 9.44. The molecule has 2 nitrogen and oxygen atoms in total. The van der Waals surface area contributed by atoms with Crippen molar-refractivity contribution in [3.63, 3.8) is 0 Å². The zero-order valence-corrected chi connectivity index (χ0v) is 9.16. The molecular weight excluding hydrogens is 204 g/mol. The predicted molar refractivity (Wildman–Crippen MR) is 56.4 cm³/mol. The van der Waals surface area contributed by atoms with E-state index >= 15 is 0 Å². The number of aromatic nitrogens is 1. The first-order valence-electron chi connectivity index (χ1n) is 4.52. The van der Waals surface area contributed by atoms with Gasteiger partial charge in [0, 0.05) is 23.3 Å². The van der Waals surface area contributed by atoms with E-state index in [1.165, 1.54) is 0 Å². The summed E-state index contributed by atoms with van der Waals surface area (Å²) in [6.07, 6.45) is 2.20. The summed E-state index contributed by atoms with van der Waals surface area (Å²) in [5.41, 5.74) is 1.15. The Labute approximate surface area is 87.3 Å². The Morgan fingerprint density at radius 2 is 2.46 bits per heavy atom. The Kier molecular flexibility index (Phi) is 2.86. The summed E-state index contributed by atoms with van der Waals surface area (Å²) in [6.45, 7) is 2.92. The highest BCUT2D eigenvalue weighted by Gasteiger charge is 2.26. The van der Waals surface area contributed by atoms with Crippen LogP contribution in [0.4, 0.5) is 0 Å². The summed E-state index contributed by atoms with van der Waals surface area (Å²) < 4.78 is 0. The molecule has 1 aromatic heterocycles. The number of hydrogen-bond donors (Lipinski definition) is 1. The molecule has 1 aliphatic rings. The van der Waals surface area contributed by atoms with Crippen LogP contribution in [0.2, 0.25) is 0 Å². The van der Waals surface area contributed by atoms with Crippen LogP contribution in [0.1, 0.15) is 23.5 Å². The van der Waals surface area contributed by atoms with Crippen molar-refractivity contribution in [1.82, 2.24) is 10.3 Å². The minimum Gasteiger partial charge on any atom is -0.308 e. The van der Waals surface area contributed by atoms with Crippen molar-refractivity contribution in [2.75, 3.05) is 0 Å². The van der Waals surface area contributed by atoms with Gasteiger partial charge in [-0.2, -0.15) is 0 Å². The van der Waals surface area contributed by atoms with E-state index in [0.717, 1.165) is 30.1 Å². The number of hydrogen-bond acceptors (Lipinski definition) is 3. The maximum Gasteiger partial charge on any atom is 0.0897 e. The summed E-state index contributed by atoms with van der Waals surface area (Å²) in [5, 5.41) is 7.09. The van der Waals surface area contributed by atoms with Crippen LogP contribution in [0.15, 0.2) is 5.38 Å². The van der Waals surface area contributed by atoms with E-state index in [2.05, 4.69) is 15.7 Å². The van der Waals surface area contributed by atoms with Gasteiger partial charge in [-0.3, -0.25) is 0 Å². The Morgan fingerprint density at radius 3 is 3.00 bits per heavy atom. The van der Waals surface area contributed by atoms with Gasteiger partial charge in [-0.05, 0) is 19.8 Å². The van der Waals surface area contributed by atoms with Crippen molar-refractivity contribution in [3.05, 3.63) is 16.1 Å². The lowest BCUT2D eigenvalue weighted by atomic mass is 9.92. The molecule has 1 saturated carbocycles. The molecule has 1 heterocycles. The Bertz CT molecular complexity index is 281. The van der Waals surface area contributed by atoms with E-state index in [-0.39, 0.29) is 0 Å². The Morgan fingerprint density at radius 1 is 1.69 bits per heavy atom. The monoisotopic (exact) mass is 216 g/mol. The number of alkyl halides is 1. The summed E-state index contributed by atoms with van der Waals surface area (Å²) in [5.74, 6) is 0. The molecule has 13 heavy (non-hydrogen) atoms. The van der Waals surface area contributed by atoms with E-state index < -0.39 is 0 Å². The van der Waals surface area contributed by atoms with E-state index in [0.29, 0.717) is 11.4 Å². The highest BCUT2D eigenvalue weighted by atomic mass is 35.5. The van der Waals surface area contributed by atoms with Gasteiger partial charge in [0.2, 0.25) is 0 Å². The molecule has 4 heteroatoms. The maximum atomic E-state index is 5.88. The molecule has 72 valence electrons. The lowest BCUT2D eigenvalue weighted by Crippen LogP contribution is -2.41. The zero-order valence-electron chi connectivity index (χ0n) is 7.59. The standard InChI is InChI=1S/C9H13ClN2S/c1-6-12-9(5-13-6)4-11-8-2-7(10)3-8/h5,7-8,11H,2-4H2,1H3. The SMILES string of the molecule is Cc1nc(CNC2CC(Cl)C2)cs1. The Hall–Kier alpha value is -0.120. The fourth-order valence-electron chi connectivity index (χ4n) is 1.45. The van der Waals surface area contributed by atoms with Crippen LogP contribution < -0.4 is 5.32 Å². The second-order valence-electron chi connectivity index (χ2n) is 3.50. The van der Waals surface area contributed by atoms with Gasteiger partial charge in [0.15, 0.2) is 0 Å². The van der Waals surface area contributed by atoms with Gasteiger partial charge in [0.05, 0.1) is 10.7 Å². The average molecular weight is 217 g/mol. The molecular formula is C9H13ClN2S. The van der Waals surface area contributed by atoms with Gasteiger partial charge in [-0.25, -0.2) is 4.98 Å². The average Bonchev–Trinajstić information content (AvgIpc) is 2.43. The van der Waals surface area contributed by atoms with E-state index in [1.807, 2.05) is 6.92 Å². The zero-order chi connectivity index (χ0) is 9.26. The minimum atomic E-state index is 0.398. The third kappa shape index (κ3) is 2.42. The number of nitrogens with one attached hydrogen (secondary N) is 1. The molecule has 1 aliphatic carbocycles. The van der Waals surface area contributed by atoms with E-state index in [4.69, 9.17) is 11.6 Å². The van der Waals surface area contributed by atoms with Crippen LogP contribution in [-0.4, -0.2) is 16.4 Å². The molecule has 0 bridgehead atoms. The highest BCUT2D eigenvalue weighted by molar-refractivity contribution is 7.09. The van der Waals surface area contributed by atoms with E-state index in [1.54, 1.807) is 11.3 Å². The van der Waals surface area contributed by atoms with Gasteiger partial charge in [0.25, 0.3) is 0 Å². The second-order valence-corrected chi connectivity index (χ2v) is 5.18. The first-order chi connectivity index (χ1) is 6.24. The van der Waals surface area contributed by atoms with Crippen LogP contribution in [0.25, 0.3) is 0 Å². The van der Waals surface area contributed by atoms with Crippen molar-refractivity contribution in [3.8, 4) is 0 Å². The second kappa shape index (κ2) is 3.95. The largest absolute Gasteiger partial charge is 0.308 e. The van der Waals surface area contributed by atoms with Gasteiger partial charge >= 0.3 is 0 Å². The van der Waals surface area contributed by atoms with Crippen LogP contribution in [0, 0.1) is 6.92 Å². The quantitative estimate of drug-likeness (QED) is 0.785. The summed E-state index contributed by atoms with van der Waals surface area (Å²) >= 11 is 7.58. The lowest BCUT2D eigenvalue weighted by molar-refractivity contribution is 0.344. The van der Waals surface area contributed by atoms with Gasteiger partial charge in [0.1, 0.15) is 0 Å². The van der Waals surface area contributed by atoms with Crippen LogP contribution in [0.5, 0.6) is 0 Å². The van der Waals surface area contributed by atoms with Crippen LogP contribution >= 0.6 is 22.9 Å². The normalized spacial score (nSPS) is 27.2. The Balaban J connectivity index is 1.74. The van der Waals surface area contributed by atoms with Crippen molar-refractivity contribution in [1.29, 1.82) is 0 Å². The van der Waals surface area contributed by atoms with Crippen molar-refractivity contribution >= 4 is 22.9 Å². The number of aryl methyl sites for hydroxylation is 1. The van der Waals surface area contributed by atoms with Crippen LogP contribution in [0.3, 0.4) is 0 Å². The molecule has 1 aromatic rings. The van der Waals surface area contributed by atoms with Crippen molar-refractivity contribution in [2.45, 2.75) is 37.7 Å². The number of rotatable bonds is 3. The highest BCUT2D eigenvalue weighted by Crippen LogP contribution is 2.25. The fourth-order valence-corrected chi connectivity index (χ4v) is 2.50. The van der Waals surface area contributed by atoms with Gasteiger partial charge in [-0.15, -0.1) is 22.9 Å². The molecule has 0 unspecified atom stereocenters. The summed E-state index contributed by atoms with van der Waals surface area (Å²) in [7, 11) is 0. The molecule has 2 rings (SSSR count). The molecule has 1 fully saturated rings. The number of nitrogens with zero attached hydrogens (tertiary/aromatic N) is 1. The maximum absolute atomic E-state index is 5.88. The van der Waals surface area contributed by atoms with Crippen molar-refractivity contribution < 1.29 is 0 Å². The molecule has 1 N–H and O–H groups in total. The van der Waals surface area contributed by atoms with Crippen LogP contribution in [-0.2, 0) is 6.54 Å². The van der Waals surface area contributed by atoms with E-state index in [9.17, 15) is 0 Å². The van der Waals surface area contributed by atoms with Gasteiger partial charge < -0.3 is 5.32 Å². The smallest absolute Gasteiger partial charge is 0.0897 e. The molecule has 0 saturated heterocycles. The topological polar surface area (TPSA) is 24.9 Å². The van der Waals surface area contributed by atoms with Crippen molar-refractivity contribution in [2.24, 2.45) is 0 Å². The fraction of sp³-hybridized carbons (Fsp3) is 0.667. The molecule has 0 atom stereocenters. The lowest BCUT2D eigenvalue weighted by Gasteiger charge is -2.31. The third-order valence-electron chi connectivity index (χ3n) is 2.32. The van der Waals surface area contributed by atoms with Gasteiger partial charge in [-0.1, -0.05) is 0 Å². The summed E-state index contributed by atoms with van der Waals surface area (Å²) in [6, 6.07) is 0.615. The molecule has 0 radical (unpaired) electrons. The molecule has 0 aliphatic heterocycles. The molecule has 0 amide bonds. The molecule has 0 spiro atoms. The third-order valence-corrected chi connectivity index (χ3v) is 3.50. The molecule has 0 aromatic carbocycles. The predicted octanol–water partition coefficient (Wildman–Crippen LogP) is 2.31. The minimum absolute atomic E-state index is 0.398. The number of halogens is 1. The first-order valence-corrected chi connectivity index (χ1v) is 5.84. The number of thiazole rings is 1. The summed E-state index contributed by atoms with van der Waals surface area (Å²) in [4.78, 5) is 4.38.